The fraction of sp³-hybridized carbons (Fsp3) is 0.267. The van der Waals surface area contributed by atoms with Gasteiger partial charge in [-0.2, -0.15) is 0 Å². The van der Waals surface area contributed by atoms with Crippen molar-refractivity contribution < 1.29 is 9.39 Å². The summed E-state index contributed by atoms with van der Waals surface area (Å²) >= 11 is 0. The van der Waals surface area contributed by atoms with Crippen LogP contribution in [0.4, 0.5) is 0 Å². The van der Waals surface area contributed by atoms with Crippen molar-refractivity contribution in [2.45, 2.75) is 25.1 Å². The summed E-state index contributed by atoms with van der Waals surface area (Å²) in [7, 11) is 0.769. The van der Waals surface area contributed by atoms with Crippen LogP contribution < -0.4 is 0 Å². The van der Waals surface area contributed by atoms with Crippen LogP contribution >= 0.6 is 0 Å². The minimum Gasteiger partial charge on any atom is -0.430 e. The van der Waals surface area contributed by atoms with Crippen LogP contribution in [0, 0.1) is 5.41 Å². The second kappa shape index (κ2) is 4.18. The standard InChI is InChI=1S/C15H14BNO2/c17-6-2-5-10-11-4-1-3-9-8-18-15(13(9)11)14-12(10)7-16-19-14/h1-6,14-17H,7-8H2/b5-2-,17-6?. The van der Waals surface area contributed by atoms with Gasteiger partial charge in [0, 0.05) is 6.21 Å². The van der Waals surface area contributed by atoms with E-state index in [1.165, 1.54) is 34.1 Å². The van der Waals surface area contributed by atoms with Crippen molar-refractivity contribution in [3.05, 3.63) is 52.6 Å². The van der Waals surface area contributed by atoms with Gasteiger partial charge in [-0.25, -0.2) is 0 Å². The van der Waals surface area contributed by atoms with E-state index in [2.05, 4.69) is 18.2 Å². The molecule has 1 N–H and O–H groups in total. The van der Waals surface area contributed by atoms with Crippen LogP contribution in [0.15, 0.2) is 35.9 Å². The molecule has 1 saturated heterocycles. The zero-order chi connectivity index (χ0) is 12.8. The Morgan fingerprint density at radius 1 is 1.32 bits per heavy atom. The second-order valence-electron chi connectivity index (χ2n) is 5.12. The molecule has 19 heavy (non-hydrogen) atoms. The molecule has 0 spiro atoms. The van der Waals surface area contributed by atoms with Gasteiger partial charge in [-0.1, -0.05) is 24.3 Å². The monoisotopic (exact) mass is 251 g/mol. The third kappa shape index (κ3) is 1.50. The zero-order valence-electron chi connectivity index (χ0n) is 10.6. The summed E-state index contributed by atoms with van der Waals surface area (Å²) in [6.07, 6.45) is 6.25. The summed E-state index contributed by atoms with van der Waals surface area (Å²) in [5, 5.41) is 7.20. The molecule has 0 amide bonds. The van der Waals surface area contributed by atoms with E-state index in [0.717, 1.165) is 13.8 Å². The molecule has 4 heteroatoms. The number of benzene rings is 1. The maximum absolute atomic E-state index is 7.20. The minimum absolute atomic E-state index is 0.0702. The fourth-order valence-electron chi connectivity index (χ4n) is 3.42. The van der Waals surface area contributed by atoms with E-state index in [1.807, 2.05) is 6.08 Å². The molecule has 1 aromatic rings. The molecule has 94 valence electrons. The van der Waals surface area contributed by atoms with Crippen LogP contribution in [0.1, 0.15) is 22.8 Å². The number of ether oxygens (including phenoxy) is 1. The lowest BCUT2D eigenvalue weighted by atomic mass is 9.78. The highest BCUT2D eigenvalue weighted by Gasteiger charge is 2.42. The molecule has 2 heterocycles. The quantitative estimate of drug-likeness (QED) is 0.647. The maximum Gasteiger partial charge on any atom is 0.280 e. The molecule has 0 bridgehead atoms. The van der Waals surface area contributed by atoms with Crippen LogP contribution in [0.25, 0.3) is 5.57 Å². The fourth-order valence-corrected chi connectivity index (χ4v) is 3.42. The van der Waals surface area contributed by atoms with Crippen molar-refractivity contribution in [1.82, 2.24) is 0 Å². The number of rotatable bonds is 2. The summed E-state index contributed by atoms with van der Waals surface area (Å²) in [6, 6.07) is 6.39. The Kier molecular flexibility index (Phi) is 2.47. The summed E-state index contributed by atoms with van der Waals surface area (Å²) in [5.41, 5.74) is 6.38. The molecule has 3 aliphatic rings. The molecular formula is C15H14BNO2. The van der Waals surface area contributed by atoms with Gasteiger partial charge in [0.1, 0.15) is 6.10 Å². The first-order valence-electron chi connectivity index (χ1n) is 6.65. The molecule has 0 saturated carbocycles. The smallest absolute Gasteiger partial charge is 0.280 e. The molecule has 2 atom stereocenters. The van der Waals surface area contributed by atoms with Crippen molar-refractivity contribution in [1.29, 1.82) is 5.41 Å². The van der Waals surface area contributed by atoms with E-state index < -0.39 is 0 Å². The first-order valence-corrected chi connectivity index (χ1v) is 6.65. The van der Waals surface area contributed by atoms with Gasteiger partial charge in [0.2, 0.25) is 0 Å². The van der Waals surface area contributed by atoms with Gasteiger partial charge in [0.25, 0.3) is 7.48 Å². The third-order valence-corrected chi connectivity index (χ3v) is 4.18. The van der Waals surface area contributed by atoms with Gasteiger partial charge < -0.3 is 14.8 Å². The van der Waals surface area contributed by atoms with Crippen LogP contribution in [-0.2, 0) is 16.0 Å². The highest BCUT2D eigenvalue weighted by Crippen LogP contribution is 2.49. The molecule has 1 aromatic carbocycles. The molecule has 4 rings (SSSR count). The number of nitrogens with one attached hydrogen (secondary N) is 1. The summed E-state index contributed by atoms with van der Waals surface area (Å²) < 4.78 is 11.8. The highest BCUT2D eigenvalue weighted by atomic mass is 16.5. The predicted molar refractivity (Wildman–Crippen MR) is 75.6 cm³/mol. The molecule has 0 aromatic heterocycles. The number of hydrogen-bond acceptors (Lipinski definition) is 3. The Morgan fingerprint density at radius 2 is 2.26 bits per heavy atom. The van der Waals surface area contributed by atoms with Crippen molar-refractivity contribution in [3.8, 4) is 0 Å². The van der Waals surface area contributed by atoms with E-state index in [1.54, 1.807) is 6.08 Å². The normalized spacial score (nSPS) is 27.4. The van der Waals surface area contributed by atoms with Crippen LogP contribution in [-0.4, -0.2) is 19.8 Å². The Hall–Kier alpha value is -1.65. The average Bonchev–Trinajstić information content (AvgIpc) is 3.05. The van der Waals surface area contributed by atoms with Gasteiger partial charge in [-0.05, 0) is 40.2 Å². The van der Waals surface area contributed by atoms with Gasteiger partial charge >= 0.3 is 0 Å². The Balaban J connectivity index is 1.97. The molecule has 2 unspecified atom stereocenters. The summed E-state index contributed by atoms with van der Waals surface area (Å²) in [4.78, 5) is 0. The van der Waals surface area contributed by atoms with Crippen molar-refractivity contribution in [2.24, 2.45) is 0 Å². The number of allylic oxidation sites excluding steroid dienone is 3. The third-order valence-electron chi connectivity index (χ3n) is 4.18. The van der Waals surface area contributed by atoms with Crippen LogP contribution in [0.5, 0.6) is 0 Å². The second-order valence-corrected chi connectivity index (χ2v) is 5.12. The first kappa shape index (κ1) is 11.2. The lowest BCUT2D eigenvalue weighted by Gasteiger charge is -2.29. The molecule has 2 aliphatic heterocycles. The van der Waals surface area contributed by atoms with E-state index in [9.17, 15) is 0 Å². The predicted octanol–water partition coefficient (Wildman–Crippen LogP) is 2.40. The van der Waals surface area contributed by atoms with Crippen LogP contribution in [0.2, 0.25) is 6.32 Å². The minimum atomic E-state index is 0.0702. The van der Waals surface area contributed by atoms with E-state index in [-0.39, 0.29) is 12.2 Å². The number of hydrogen-bond donors (Lipinski definition) is 1. The lowest BCUT2D eigenvalue weighted by molar-refractivity contribution is 0.00279. The van der Waals surface area contributed by atoms with Gasteiger partial charge in [0.15, 0.2) is 0 Å². The average molecular weight is 251 g/mol. The highest BCUT2D eigenvalue weighted by molar-refractivity contribution is 6.30. The zero-order valence-corrected chi connectivity index (χ0v) is 10.6. The molecular weight excluding hydrogens is 237 g/mol. The van der Waals surface area contributed by atoms with Gasteiger partial charge in [0.05, 0.1) is 12.7 Å². The molecule has 1 fully saturated rings. The summed E-state index contributed by atoms with van der Waals surface area (Å²) in [6.45, 7) is 0.683. The van der Waals surface area contributed by atoms with Gasteiger partial charge in [-0.3, -0.25) is 0 Å². The Labute approximate surface area is 112 Å². The Morgan fingerprint density at radius 3 is 3.16 bits per heavy atom. The number of fused-ring (bicyclic) bond motifs is 2. The largest absolute Gasteiger partial charge is 0.430 e. The Bertz CT molecular complexity index is 621. The topological polar surface area (TPSA) is 42.3 Å². The van der Waals surface area contributed by atoms with Crippen LogP contribution in [0.3, 0.4) is 0 Å². The van der Waals surface area contributed by atoms with Crippen molar-refractivity contribution in [2.75, 3.05) is 0 Å². The van der Waals surface area contributed by atoms with Gasteiger partial charge in [-0.15, -0.1) is 0 Å². The van der Waals surface area contributed by atoms with E-state index in [4.69, 9.17) is 14.8 Å². The van der Waals surface area contributed by atoms with Crippen molar-refractivity contribution >= 4 is 19.3 Å². The van der Waals surface area contributed by atoms with E-state index in [0.29, 0.717) is 6.61 Å². The SMILES string of the molecule is N=C/C=C\C1=C2CBOC2C2OCc3cccc1c32. The van der Waals surface area contributed by atoms with Crippen molar-refractivity contribution in [3.63, 3.8) is 0 Å². The maximum atomic E-state index is 7.20. The van der Waals surface area contributed by atoms with E-state index >= 15 is 0 Å². The summed E-state index contributed by atoms with van der Waals surface area (Å²) in [5.74, 6) is 0. The molecule has 1 aliphatic carbocycles. The lowest BCUT2D eigenvalue weighted by Crippen LogP contribution is -2.24. The molecule has 0 radical (unpaired) electrons. The molecule has 3 nitrogen and oxygen atoms in total. The first-order chi connectivity index (χ1) is 9.40.